The summed E-state index contributed by atoms with van der Waals surface area (Å²) >= 11 is 0.963. The molecule has 1 unspecified atom stereocenters. The maximum Gasteiger partial charge on any atom is 0.329 e. The van der Waals surface area contributed by atoms with Crippen LogP contribution in [0.25, 0.3) is 0 Å². The Morgan fingerprint density at radius 1 is 1.53 bits per heavy atom. The molecule has 88 valence electrons. The largest absolute Gasteiger partial charge is 0.329 e. The van der Waals surface area contributed by atoms with E-state index in [0.29, 0.717) is 16.8 Å². The molecule has 0 aromatic rings. The molecule has 0 aromatic heterocycles. The van der Waals surface area contributed by atoms with E-state index in [9.17, 15) is 9.46 Å². The van der Waals surface area contributed by atoms with Crippen molar-refractivity contribution in [3.8, 4) is 5.40 Å². The summed E-state index contributed by atoms with van der Waals surface area (Å²) in [4.78, 5) is 9.34. The Morgan fingerprint density at radius 2 is 2.13 bits per heavy atom. The van der Waals surface area contributed by atoms with Gasteiger partial charge in [-0.15, -0.1) is 0 Å². The minimum absolute atomic E-state index is 0.0301. The zero-order chi connectivity index (χ0) is 11.9. The summed E-state index contributed by atoms with van der Waals surface area (Å²) < 4.78 is 17.0. The number of hydrogen-bond acceptors (Lipinski definition) is 4. The van der Waals surface area contributed by atoms with Crippen LogP contribution >= 0.6 is 19.4 Å². The third kappa shape index (κ3) is 10.2. The average Bonchev–Trinajstić information content (AvgIpc) is 2.01. The Labute approximate surface area is 95.2 Å². The van der Waals surface area contributed by atoms with Crippen LogP contribution in [0, 0.1) is 10.7 Å². The second kappa shape index (κ2) is 6.51. The fourth-order valence-corrected chi connectivity index (χ4v) is 2.60. The van der Waals surface area contributed by atoms with Crippen LogP contribution in [0.5, 0.6) is 0 Å². The third-order valence-electron chi connectivity index (χ3n) is 1.60. The summed E-state index contributed by atoms with van der Waals surface area (Å²) in [5, 5.41) is 10.1. The molecule has 0 fully saturated rings. The summed E-state index contributed by atoms with van der Waals surface area (Å²) in [7, 11) is 2.46. The Balaban J connectivity index is 3.75. The Morgan fingerprint density at radius 3 is 2.60 bits per heavy atom. The van der Waals surface area contributed by atoms with Crippen molar-refractivity contribution >= 4 is 19.4 Å². The quantitative estimate of drug-likeness (QED) is 0.318. The second-order valence-electron chi connectivity index (χ2n) is 4.15. The topological polar surface area (TPSA) is 70.3 Å². The van der Waals surface area contributed by atoms with Crippen molar-refractivity contribution in [2.45, 2.75) is 0 Å². The van der Waals surface area contributed by atoms with Gasteiger partial charge in [0.15, 0.2) is 0 Å². The molecular formula is C8H18N2O3PS+. The number of thiocyanates is 1. The van der Waals surface area contributed by atoms with Gasteiger partial charge in [0.2, 0.25) is 0 Å². The summed E-state index contributed by atoms with van der Waals surface area (Å²) in [6.07, 6.45) is 0.0301. The maximum absolute atomic E-state index is 11.4. The number of likely N-dealkylation sites (N-methyl/N-ethyl adjacent to an activating group) is 1. The second-order valence-corrected chi connectivity index (χ2v) is 7.01. The molecule has 0 rings (SSSR count). The van der Waals surface area contributed by atoms with Crippen LogP contribution in [0.2, 0.25) is 0 Å². The van der Waals surface area contributed by atoms with Gasteiger partial charge in [0.25, 0.3) is 0 Å². The molecule has 0 aliphatic carbocycles. The molecule has 1 N–H and O–H groups in total. The molecule has 0 aromatic carbocycles. The number of thioether (sulfide) groups is 1. The molecule has 0 amide bonds. The predicted molar refractivity (Wildman–Crippen MR) is 61.6 cm³/mol. The Kier molecular flexibility index (Phi) is 6.49. The smallest absolute Gasteiger partial charge is 0.329 e. The van der Waals surface area contributed by atoms with E-state index in [0.717, 1.165) is 11.8 Å². The van der Waals surface area contributed by atoms with Crippen LogP contribution in [0.1, 0.15) is 0 Å². The molecule has 0 spiro atoms. The van der Waals surface area contributed by atoms with Crippen molar-refractivity contribution in [2.24, 2.45) is 0 Å². The van der Waals surface area contributed by atoms with Crippen molar-refractivity contribution in [2.75, 3.05) is 46.2 Å². The van der Waals surface area contributed by atoms with Crippen molar-refractivity contribution in [3.05, 3.63) is 0 Å². The first kappa shape index (κ1) is 14.9. The standard InChI is InChI=1S/C8H17N2O3PS/c1-10(2,3)4-5-13-14(11,12)6-7-15-8-9/h4-7H2,1-3H3/p+1. The number of quaternary nitrogens is 1. The number of nitriles is 1. The molecule has 0 aliphatic rings. The van der Waals surface area contributed by atoms with Crippen LogP contribution in [-0.4, -0.2) is 55.6 Å². The van der Waals surface area contributed by atoms with E-state index in [1.165, 1.54) is 0 Å². The zero-order valence-corrected chi connectivity index (χ0v) is 11.1. The molecule has 7 heteroatoms. The third-order valence-corrected chi connectivity index (χ3v) is 3.81. The first-order valence-electron chi connectivity index (χ1n) is 4.54. The Bertz CT molecular complexity index is 272. The van der Waals surface area contributed by atoms with Gasteiger partial charge < -0.3 is 13.9 Å². The number of nitrogens with zero attached hydrogens (tertiary/aromatic N) is 2. The first-order chi connectivity index (χ1) is 6.77. The van der Waals surface area contributed by atoms with E-state index in [1.54, 1.807) is 0 Å². The molecule has 0 radical (unpaired) electrons. The van der Waals surface area contributed by atoms with Crippen LogP contribution < -0.4 is 0 Å². The summed E-state index contributed by atoms with van der Waals surface area (Å²) in [5.74, 6) is 0.328. The van der Waals surface area contributed by atoms with E-state index in [4.69, 9.17) is 9.79 Å². The SMILES string of the molecule is C[N+](C)(C)CCOP(=O)(O)CCSC#N. The Hall–Kier alpha value is -0.0500. The van der Waals surface area contributed by atoms with Crippen molar-refractivity contribution < 1.29 is 18.5 Å². The van der Waals surface area contributed by atoms with Gasteiger partial charge in [-0.3, -0.25) is 4.57 Å². The normalized spacial score (nSPS) is 15.7. The van der Waals surface area contributed by atoms with Crippen LogP contribution in [-0.2, 0) is 9.09 Å². The van der Waals surface area contributed by atoms with Crippen molar-refractivity contribution in [3.63, 3.8) is 0 Å². The summed E-state index contributed by atoms with van der Waals surface area (Å²) in [6, 6.07) is 0. The molecular weight excluding hydrogens is 235 g/mol. The summed E-state index contributed by atoms with van der Waals surface area (Å²) in [6.45, 7) is 0.935. The lowest BCUT2D eigenvalue weighted by atomic mass is 10.5. The van der Waals surface area contributed by atoms with Gasteiger partial charge in [0.1, 0.15) is 18.6 Å². The molecule has 5 nitrogen and oxygen atoms in total. The average molecular weight is 253 g/mol. The van der Waals surface area contributed by atoms with Gasteiger partial charge in [0.05, 0.1) is 27.3 Å². The first-order valence-corrected chi connectivity index (χ1v) is 7.29. The molecule has 0 bridgehead atoms. The molecule has 1 atom stereocenters. The highest BCUT2D eigenvalue weighted by atomic mass is 32.2. The molecule has 0 heterocycles. The highest BCUT2D eigenvalue weighted by Crippen LogP contribution is 2.41. The van der Waals surface area contributed by atoms with Crippen molar-refractivity contribution in [1.82, 2.24) is 0 Å². The molecule has 15 heavy (non-hydrogen) atoms. The van der Waals surface area contributed by atoms with Gasteiger partial charge in [0, 0.05) is 5.75 Å². The molecule has 0 aliphatic heterocycles. The lowest BCUT2D eigenvalue weighted by Crippen LogP contribution is -2.37. The minimum atomic E-state index is -3.49. The lowest BCUT2D eigenvalue weighted by Gasteiger charge is -2.24. The van der Waals surface area contributed by atoms with Crippen LogP contribution in [0.4, 0.5) is 0 Å². The van der Waals surface area contributed by atoms with Gasteiger partial charge in [-0.2, -0.15) is 5.26 Å². The van der Waals surface area contributed by atoms with E-state index in [-0.39, 0.29) is 12.8 Å². The van der Waals surface area contributed by atoms with E-state index in [2.05, 4.69) is 0 Å². The van der Waals surface area contributed by atoms with Crippen LogP contribution in [0.15, 0.2) is 0 Å². The van der Waals surface area contributed by atoms with Crippen LogP contribution in [0.3, 0.4) is 0 Å². The molecule has 0 saturated carbocycles. The molecule has 0 saturated heterocycles. The fourth-order valence-electron chi connectivity index (χ4n) is 0.729. The lowest BCUT2D eigenvalue weighted by molar-refractivity contribution is -0.870. The predicted octanol–water partition coefficient (Wildman–Crippen LogP) is 1.11. The zero-order valence-electron chi connectivity index (χ0n) is 9.34. The van der Waals surface area contributed by atoms with E-state index in [1.807, 2.05) is 26.5 Å². The fraction of sp³-hybridized carbons (Fsp3) is 0.875. The van der Waals surface area contributed by atoms with E-state index >= 15 is 0 Å². The minimum Gasteiger partial charge on any atom is -0.329 e. The highest BCUT2D eigenvalue weighted by Gasteiger charge is 2.20. The van der Waals surface area contributed by atoms with Gasteiger partial charge in [-0.05, 0) is 11.8 Å². The monoisotopic (exact) mass is 253 g/mol. The van der Waals surface area contributed by atoms with Gasteiger partial charge in [-0.25, -0.2) is 0 Å². The number of rotatable bonds is 7. The van der Waals surface area contributed by atoms with E-state index < -0.39 is 7.60 Å². The van der Waals surface area contributed by atoms with Gasteiger partial charge in [-0.1, -0.05) is 0 Å². The number of hydrogen-bond donors (Lipinski definition) is 1. The highest BCUT2D eigenvalue weighted by molar-refractivity contribution is 8.03. The van der Waals surface area contributed by atoms with Crippen molar-refractivity contribution in [1.29, 1.82) is 5.26 Å². The maximum atomic E-state index is 11.4. The summed E-state index contributed by atoms with van der Waals surface area (Å²) in [5.41, 5.74) is 0. The van der Waals surface area contributed by atoms with Gasteiger partial charge >= 0.3 is 7.60 Å².